The number of likely N-dealkylation sites (N-methyl/N-ethyl adjacent to an activating group) is 1. The van der Waals surface area contributed by atoms with Crippen molar-refractivity contribution in [3.05, 3.63) is 89.5 Å². The van der Waals surface area contributed by atoms with Crippen molar-refractivity contribution in [3.8, 4) is 17.2 Å². The van der Waals surface area contributed by atoms with E-state index in [1.165, 1.54) is 0 Å². The van der Waals surface area contributed by atoms with E-state index in [1.54, 1.807) is 58.3 Å². The van der Waals surface area contributed by atoms with Crippen LogP contribution in [0.25, 0.3) is 0 Å². The van der Waals surface area contributed by atoms with E-state index in [-0.39, 0.29) is 43.1 Å². The first-order valence-electron chi connectivity index (χ1n) is 14.8. The molecule has 0 saturated carbocycles. The zero-order valence-corrected chi connectivity index (χ0v) is 25.3. The van der Waals surface area contributed by atoms with Crippen molar-refractivity contribution >= 4 is 17.8 Å². The Morgan fingerprint density at radius 3 is 2.32 bits per heavy atom. The van der Waals surface area contributed by atoms with Crippen molar-refractivity contribution in [2.24, 2.45) is 0 Å². The molecule has 0 aliphatic carbocycles. The molecule has 0 bridgehead atoms. The van der Waals surface area contributed by atoms with Crippen LogP contribution < -0.4 is 14.8 Å². The number of nitrogens with zero attached hydrogens (tertiary/aromatic N) is 4. The molecule has 11 nitrogen and oxygen atoms in total. The van der Waals surface area contributed by atoms with Crippen LogP contribution in [0, 0.1) is 0 Å². The minimum absolute atomic E-state index is 0.0171. The second-order valence-corrected chi connectivity index (χ2v) is 10.9. The third kappa shape index (κ3) is 6.57. The summed E-state index contributed by atoms with van der Waals surface area (Å²) in [4.78, 5) is 44.8. The van der Waals surface area contributed by atoms with Crippen LogP contribution in [0.5, 0.6) is 17.2 Å². The monoisotopic (exact) mass is 601 g/mol. The molecule has 0 unspecified atom stereocenters. The number of amides is 4. The molecule has 0 aromatic heterocycles. The molecule has 0 radical (unpaired) electrons. The van der Waals surface area contributed by atoms with Gasteiger partial charge in [0, 0.05) is 26.1 Å². The summed E-state index contributed by atoms with van der Waals surface area (Å²) in [6.45, 7) is 3.20. The van der Waals surface area contributed by atoms with Crippen molar-refractivity contribution in [2.75, 3.05) is 40.4 Å². The van der Waals surface area contributed by atoms with Crippen molar-refractivity contribution in [1.82, 2.24) is 25.1 Å². The third-order valence-electron chi connectivity index (χ3n) is 8.17. The average Bonchev–Trinajstić information content (AvgIpc) is 3.05. The van der Waals surface area contributed by atoms with Gasteiger partial charge in [-0.2, -0.15) is 0 Å². The molecular formula is C33H39N5O6. The topological polar surface area (TPSA) is 115 Å². The molecule has 2 saturated heterocycles. The summed E-state index contributed by atoms with van der Waals surface area (Å²) in [6, 6.07) is 20.7. The molecule has 2 aliphatic heterocycles. The summed E-state index contributed by atoms with van der Waals surface area (Å²) in [5.74, 6) is 0.946. The lowest BCUT2D eigenvalue weighted by atomic mass is 9.98. The maximum Gasteiger partial charge on any atom is 0.334 e. The number of carbonyl (C=O) groups is 3. The third-order valence-corrected chi connectivity index (χ3v) is 8.17. The zero-order chi connectivity index (χ0) is 31.2. The highest BCUT2D eigenvalue weighted by atomic mass is 16.5. The minimum Gasteiger partial charge on any atom is -0.508 e. The second-order valence-electron chi connectivity index (χ2n) is 10.9. The van der Waals surface area contributed by atoms with Crippen LogP contribution >= 0.6 is 0 Å². The molecule has 11 heteroatoms. The number of benzene rings is 3. The number of hydrogen-bond acceptors (Lipinski definition) is 7. The number of aromatic hydroxyl groups is 1. The van der Waals surface area contributed by atoms with Gasteiger partial charge in [-0.15, -0.1) is 0 Å². The first-order valence-corrected chi connectivity index (χ1v) is 14.8. The second kappa shape index (κ2) is 13.7. The fourth-order valence-corrected chi connectivity index (χ4v) is 5.88. The standard InChI is InChI=1S/C33H39N5O6/c1-4-36-22-31(40)37-27(18-23-10-13-26(39)14-11-23)32(41)35(17-16-24-12-15-28(43-2)29(19-24)44-3)21-30(37)38(36)33(42)34-20-25-8-6-5-7-9-25/h5-15,19,27,30,39H,4,16-18,20-22H2,1-3H3,(H,34,42)/t27-,30-/m0/s1. The molecule has 4 amide bonds. The number of urea groups is 1. The molecule has 3 aromatic carbocycles. The molecular weight excluding hydrogens is 562 g/mol. The van der Waals surface area contributed by atoms with E-state index in [0.717, 1.165) is 16.7 Å². The number of methoxy groups -OCH3 is 2. The van der Waals surface area contributed by atoms with E-state index in [1.807, 2.05) is 55.5 Å². The van der Waals surface area contributed by atoms with Gasteiger partial charge in [0.25, 0.3) is 0 Å². The Morgan fingerprint density at radius 2 is 1.64 bits per heavy atom. The van der Waals surface area contributed by atoms with E-state index < -0.39 is 12.2 Å². The Hall–Kier alpha value is -4.77. The lowest BCUT2D eigenvalue weighted by Crippen LogP contribution is -2.76. The normalized spacial score (nSPS) is 18.7. The molecule has 2 N–H and O–H groups in total. The maximum absolute atomic E-state index is 14.1. The summed E-state index contributed by atoms with van der Waals surface area (Å²) in [5.41, 5.74) is 2.71. The van der Waals surface area contributed by atoms with Crippen LogP contribution in [-0.2, 0) is 29.0 Å². The predicted octanol–water partition coefficient (Wildman–Crippen LogP) is 3.02. The zero-order valence-electron chi connectivity index (χ0n) is 25.3. The molecule has 232 valence electrons. The van der Waals surface area contributed by atoms with Crippen molar-refractivity contribution in [1.29, 1.82) is 0 Å². The van der Waals surface area contributed by atoms with Crippen LogP contribution in [0.1, 0.15) is 23.6 Å². The van der Waals surface area contributed by atoms with Gasteiger partial charge in [0.15, 0.2) is 11.5 Å². The first-order chi connectivity index (χ1) is 21.3. The van der Waals surface area contributed by atoms with Gasteiger partial charge in [0.1, 0.15) is 18.0 Å². The van der Waals surface area contributed by atoms with E-state index >= 15 is 0 Å². The number of nitrogens with one attached hydrogen (secondary N) is 1. The van der Waals surface area contributed by atoms with E-state index in [0.29, 0.717) is 37.6 Å². The van der Waals surface area contributed by atoms with Gasteiger partial charge in [-0.25, -0.2) is 14.8 Å². The Balaban J connectivity index is 1.44. The summed E-state index contributed by atoms with van der Waals surface area (Å²) in [6.07, 6.45) is 0.0908. The Morgan fingerprint density at radius 1 is 0.932 bits per heavy atom. The number of hydrazine groups is 1. The van der Waals surface area contributed by atoms with Gasteiger partial charge < -0.3 is 29.7 Å². The van der Waals surface area contributed by atoms with Gasteiger partial charge in [-0.05, 0) is 47.4 Å². The average molecular weight is 602 g/mol. The van der Waals surface area contributed by atoms with Gasteiger partial charge in [-0.1, -0.05) is 55.5 Å². The van der Waals surface area contributed by atoms with Gasteiger partial charge >= 0.3 is 6.03 Å². The lowest BCUT2D eigenvalue weighted by molar-refractivity contribution is -0.189. The SMILES string of the molecule is CCN1CC(=O)N2[C@@H](Cc3ccc(O)cc3)C(=O)N(CCc3ccc(OC)c(OC)c3)C[C@@H]2N1C(=O)NCc1ccccc1. The number of rotatable bonds is 10. The first kappa shape index (κ1) is 30.7. The molecule has 2 aliphatic rings. The van der Waals surface area contributed by atoms with Crippen molar-refractivity contribution < 1.29 is 29.0 Å². The molecule has 2 atom stereocenters. The number of hydrogen-bond donors (Lipinski definition) is 2. The maximum atomic E-state index is 14.1. The summed E-state index contributed by atoms with van der Waals surface area (Å²) >= 11 is 0. The van der Waals surface area contributed by atoms with Gasteiger partial charge in [-0.3, -0.25) is 9.59 Å². The largest absolute Gasteiger partial charge is 0.508 e. The summed E-state index contributed by atoms with van der Waals surface area (Å²) in [7, 11) is 3.16. The van der Waals surface area contributed by atoms with Crippen LogP contribution in [0.3, 0.4) is 0 Å². The number of phenolic OH excluding ortho intramolecular Hbond substituents is 1. The quantitative estimate of drug-likeness (QED) is 0.367. The molecule has 5 rings (SSSR count). The van der Waals surface area contributed by atoms with E-state index in [9.17, 15) is 19.5 Å². The highest BCUT2D eigenvalue weighted by Gasteiger charge is 2.51. The fraction of sp³-hybridized carbons (Fsp3) is 0.364. The van der Waals surface area contributed by atoms with Crippen LogP contribution in [-0.4, -0.2) is 95.4 Å². The highest BCUT2D eigenvalue weighted by Crippen LogP contribution is 2.30. The van der Waals surface area contributed by atoms with Crippen molar-refractivity contribution in [2.45, 2.75) is 38.5 Å². The Bertz CT molecular complexity index is 1470. The number of phenols is 1. The van der Waals surface area contributed by atoms with Crippen LogP contribution in [0.15, 0.2) is 72.8 Å². The fourth-order valence-electron chi connectivity index (χ4n) is 5.88. The van der Waals surface area contributed by atoms with Gasteiger partial charge in [0.05, 0.1) is 27.3 Å². The van der Waals surface area contributed by atoms with E-state index in [4.69, 9.17) is 9.47 Å². The van der Waals surface area contributed by atoms with Crippen LogP contribution in [0.2, 0.25) is 0 Å². The number of piperazine rings is 1. The lowest BCUT2D eigenvalue weighted by Gasteiger charge is -2.55. The summed E-state index contributed by atoms with van der Waals surface area (Å²) < 4.78 is 10.8. The van der Waals surface area contributed by atoms with Crippen molar-refractivity contribution in [3.63, 3.8) is 0 Å². The van der Waals surface area contributed by atoms with Gasteiger partial charge in [0.2, 0.25) is 11.8 Å². The molecule has 3 aromatic rings. The number of fused-ring (bicyclic) bond motifs is 1. The summed E-state index contributed by atoms with van der Waals surface area (Å²) in [5, 5.41) is 16.2. The molecule has 44 heavy (non-hydrogen) atoms. The molecule has 2 fully saturated rings. The predicted molar refractivity (Wildman–Crippen MR) is 164 cm³/mol. The van der Waals surface area contributed by atoms with Crippen LogP contribution in [0.4, 0.5) is 4.79 Å². The Labute approximate surface area is 257 Å². The molecule has 0 spiro atoms. The minimum atomic E-state index is -0.820. The number of carbonyl (C=O) groups excluding carboxylic acids is 3. The highest BCUT2D eigenvalue weighted by molar-refractivity contribution is 5.91. The van der Waals surface area contributed by atoms with E-state index in [2.05, 4.69) is 5.32 Å². The number of ether oxygens (including phenoxy) is 2. The molecule has 2 heterocycles. The Kier molecular flexibility index (Phi) is 9.54. The smallest absolute Gasteiger partial charge is 0.334 e.